The molecule has 2 rings (SSSR count). The van der Waals surface area contributed by atoms with E-state index in [2.05, 4.69) is 46.8 Å². The molecule has 4 heteroatoms. The lowest BCUT2D eigenvalue weighted by molar-refractivity contribution is 0.238. The SMILES string of the molecule is CCC1(C)CCN(c2ccc(C(N)=S)c(Br)c2)CC1. The van der Waals surface area contributed by atoms with Gasteiger partial charge in [0.15, 0.2) is 0 Å². The van der Waals surface area contributed by atoms with Crippen molar-refractivity contribution in [1.29, 1.82) is 0 Å². The van der Waals surface area contributed by atoms with Gasteiger partial charge in [0.05, 0.1) is 0 Å². The van der Waals surface area contributed by atoms with Crippen molar-refractivity contribution in [2.75, 3.05) is 18.0 Å². The predicted octanol–water partition coefficient (Wildman–Crippen LogP) is 4.10. The minimum Gasteiger partial charge on any atom is -0.389 e. The molecule has 0 bridgehead atoms. The van der Waals surface area contributed by atoms with Crippen LogP contribution in [0.3, 0.4) is 0 Å². The molecule has 1 aromatic carbocycles. The molecule has 1 fully saturated rings. The maximum Gasteiger partial charge on any atom is 0.105 e. The van der Waals surface area contributed by atoms with E-state index in [-0.39, 0.29) is 0 Å². The van der Waals surface area contributed by atoms with Crippen LogP contribution in [0.5, 0.6) is 0 Å². The second-order valence-electron chi connectivity index (χ2n) is 5.68. The molecule has 2 N–H and O–H groups in total. The largest absolute Gasteiger partial charge is 0.389 e. The van der Waals surface area contributed by atoms with E-state index in [0.717, 1.165) is 23.1 Å². The van der Waals surface area contributed by atoms with Gasteiger partial charge in [0.2, 0.25) is 0 Å². The lowest BCUT2D eigenvalue weighted by atomic mass is 9.78. The number of hydrogen-bond donors (Lipinski definition) is 1. The number of anilines is 1. The van der Waals surface area contributed by atoms with Crippen LogP contribution in [-0.4, -0.2) is 18.1 Å². The van der Waals surface area contributed by atoms with Crippen LogP contribution in [-0.2, 0) is 0 Å². The molecule has 0 saturated carbocycles. The highest BCUT2D eigenvalue weighted by Gasteiger charge is 2.28. The fourth-order valence-electron chi connectivity index (χ4n) is 2.56. The molecular formula is C15H21BrN2S. The van der Waals surface area contributed by atoms with Crippen molar-refractivity contribution >= 4 is 38.8 Å². The molecule has 0 amide bonds. The summed E-state index contributed by atoms with van der Waals surface area (Å²) in [6.07, 6.45) is 3.79. The van der Waals surface area contributed by atoms with Gasteiger partial charge in [-0.2, -0.15) is 0 Å². The number of benzene rings is 1. The third-order valence-electron chi connectivity index (χ3n) is 4.41. The first-order valence-electron chi connectivity index (χ1n) is 6.79. The third kappa shape index (κ3) is 3.29. The number of thiocarbonyl (C=S) groups is 1. The molecular weight excluding hydrogens is 320 g/mol. The summed E-state index contributed by atoms with van der Waals surface area (Å²) >= 11 is 8.59. The molecule has 0 spiro atoms. The Labute approximate surface area is 129 Å². The Balaban J connectivity index is 2.12. The van der Waals surface area contributed by atoms with E-state index in [1.54, 1.807) is 0 Å². The second-order valence-corrected chi connectivity index (χ2v) is 6.97. The van der Waals surface area contributed by atoms with Crippen molar-refractivity contribution in [2.24, 2.45) is 11.1 Å². The number of halogens is 1. The number of hydrogen-bond acceptors (Lipinski definition) is 2. The molecule has 19 heavy (non-hydrogen) atoms. The molecule has 1 aliphatic rings. The maximum atomic E-state index is 5.68. The van der Waals surface area contributed by atoms with E-state index in [1.165, 1.54) is 24.9 Å². The predicted molar refractivity (Wildman–Crippen MR) is 89.9 cm³/mol. The quantitative estimate of drug-likeness (QED) is 0.840. The lowest BCUT2D eigenvalue weighted by Gasteiger charge is -2.40. The topological polar surface area (TPSA) is 29.3 Å². The standard InChI is InChI=1S/C15H21BrN2S/c1-3-15(2)6-8-18(9-7-15)11-4-5-12(14(17)19)13(16)10-11/h4-5,10H,3,6-9H2,1-2H3,(H2,17,19). The van der Waals surface area contributed by atoms with Crippen LogP contribution in [0.15, 0.2) is 22.7 Å². The molecule has 104 valence electrons. The minimum atomic E-state index is 0.440. The van der Waals surface area contributed by atoms with Crippen LogP contribution in [0.4, 0.5) is 5.69 Å². The highest BCUT2D eigenvalue weighted by atomic mass is 79.9. The van der Waals surface area contributed by atoms with E-state index in [4.69, 9.17) is 18.0 Å². The maximum absolute atomic E-state index is 5.68. The molecule has 0 aromatic heterocycles. The van der Waals surface area contributed by atoms with Crippen LogP contribution >= 0.6 is 28.1 Å². The minimum absolute atomic E-state index is 0.440. The summed E-state index contributed by atoms with van der Waals surface area (Å²) in [4.78, 5) is 2.89. The summed E-state index contributed by atoms with van der Waals surface area (Å²) in [7, 11) is 0. The molecule has 0 radical (unpaired) electrons. The van der Waals surface area contributed by atoms with Gasteiger partial charge >= 0.3 is 0 Å². The average molecular weight is 341 g/mol. The summed E-state index contributed by atoms with van der Waals surface area (Å²) in [5.41, 5.74) is 8.37. The molecule has 0 atom stereocenters. The van der Waals surface area contributed by atoms with Crippen molar-refractivity contribution in [3.8, 4) is 0 Å². The van der Waals surface area contributed by atoms with Gasteiger partial charge in [-0.05, 0) is 52.4 Å². The van der Waals surface area contributed by atoms with Gasteiger partial charge in [0.1, 0.15) is 4.99 Å². The Kier molecular flexibility index (Phi) is 4.51. The third-order valence-corrected chi connectivity index (χ3v) is 5.28. The Morgan fingerprint density at radius 2 is 2.05 bits per heavy atom. The Morgan fingerprint density at radius 3 is 2.53 bits per heavy atom. The van der Waals surface area contributed by atoms with Gasteiger partial charge in [-0.25, -0.2) is 0 Å². The molecule has 1 heterocycles. The van der Waals surface area contributed by atoms with Gasteiger partial charge in [0, 0.05) is 28.8 Å². The van der Waals surface area contributed by atoms with Gasteiger partial charge < -0.3 is 10.6 Å². The molecule has 0 aliphatic carbocycles. The smallest absolute Gasteiger partial charge is 0.105 e. The molecule has 1 aromatic rings. The van der Waals surface area contributed by atoms with Gasteiger partial charge in [-0.3, -0.25) is 0 Å². The van der Waals surface area contributed by atoms with Crippen LogP contribution in [0.2, 0.25) is 0 Å². The average Bonchev–Trinajstić information content (AvgIpc) is 2.39. The Bertz CT molecular complexity index is 479. The highest BCUT2D eigenvalue weighted by molar-refractivity contribution is 9.10. The zero-order valence-electron chi connectivity index (χ0n) is 11.6. The first-order chi connectivity index (χ1) is 8.95. The van der Waals surface area contributed by atoms with Crippen LogP contribution in [0.25, 0.3) is 0 Å². The van der Waals surface area contributed by atoms with Crippen molar-refractivity contribution in [3.05, 3.63) is 28.2 Å². The summed E-state index contributed by atoms with van der Waals surface area (Å²) < 4.78 is 0.987. The fraction of sp³-hybridized carbons (Fsp3) is 0.533. The van der Waals surface area contributed by atoms with Crippen LogP contribution < -0.4 is 10.6 Å². The summed E-state index contributed by atoms with van der Waals surface area (Å²) in [5, 5.41) is 0. The van der Waals surface area contributed by atoms with E-state index in [1.807, 2.05) is 6.07 Å². The normalized spacial score (nSPS) is 18.4. The molecule has 1 saturated heterocycles. The first kappa shape index (κ1) is 14.8. The second kappa shape index (κ2) is 5.80. The fourth-order valence-corrected chi connectivity index (χ4v) is 3.45. The summed E-state index contributed by atoms with van der Waals surface area (Å²) in [5.74, 6) is 0. The van der Waals surface area contributed by atoms with E-state index in [0.29, 0.717) is 10.4 Å². The number of piperidine rings is 1. The zero-order chi connectivity index (χ0) is 14.0. The van der Waals surface area contributed by atoms with Crippen LogP contribution in [0.1, 0.15) is 38.7 Å². The number of nitrogens with zero attached hydrogens (tertiary/aromatic N) is 1. The van der Waals surface area contributed by atoms with Crippen molar-refractivity contribution in [3.63, 3.8) is 0 Å². The van der Waals surface area contributed by atoms with Crippen molar-refractivity contribution in [2.45, 2.75) is 33.1 Å². The zero-order valence-corrected chi connectivity index (χ0v) is 14.0. The van der Waals surface area contributed by atoms with Gasteiger partial charge in [-0.1, -0.05) is 32.5 Å². The van der Waals surface area contributed by atoms with Gasteiger partial charge in [0.25, 0.3) is 0 Å². The highest BCUT2D eigenvalue weighted by Crippen LogP contribution is 2.36. The Hall–Kier alpha value is -0.610. The Morgan fingerprint density at radius 1 is 1.42 bits per heavy atom. The number of rotatable bonds is 3. The summed E-state index contributed by atoms with van der Waals surface area (Å²) in [6, 6.07) is 6.26. The van der Waals surface area contributed by atoms with Crippen molar-refractivity contribution in [1.82, 2.24) is 0 Å². The van der Waals surface area contributed by atoms with E-state index in [9.17, 15) is 0 Å². The molecule has 0 unspecified atom stereocenters. The van der Waals surface area contributed by atoms with E-state index >= 15 is 0 Å². The van der Waals surface area contributed by atoms with Gasteiger partial charge in [-0.15, -0.1) is 0 Å². The first-order valence-corrected chi connectivity index (χ1v) is 7.99. The van der Waals surface area contributed by atoms with Crippen LogP contribution in [0, 0.1) is 5.41 Å². The van der Waals surface area contributed by atoms with Crippen molar-refractivity contribution < 1.29 is 0 Å². The lowest BCUT2D eigenvalue weighted by Crippen LogP contribution is -2.38. The monoisotopic (exact) mass is 340 g/mol. The molecule has 2 nitrogen and oxygen atoms in total. The van der Waals surface area contributed by atoms with E-state index < -0.39 is 0 Å². The number of nitrogens with two attached hydrogens (primary N) is 1. The molecule has 1 aliphatic heterocycles. The summed E-state index contributed by atoms with van der Waals surface area (Å²) in [6.45, 7) is 6.95.